The van der Waals surface area contributed by atoms with Gasteiger partial charge in [0.2, 0.25) is 0 Å². The van der Waals surface area contributed by atoms with Gasteiger partial charge in [0, 0.05) is 17.8 Å². The quantitative estimate of drug-likeness (QED) is 0.470. The van der Waals surface area contributed by atoms with E-state index in [0.717, 1.165) is 6.42 Å². The highest BCUT2D eigenvalue weighted by molar-refractivity contribution is 5.89. The zero-order valence-corrected chi connectivity index (χ0v) is 9.98. The van der Waals surface area contributed by atoms with Crippen LogP contribution in [-0.4, -0.2) is 0 Å². The number of para-hydroxylation sites is 1. The minimum absolute atomic E-state index is 1.02. The van der Waals surface area contributed by atoms with E-state index < -0.39 is 0 Å². The van der Waals surface area contributed by atoms with E-state index in [1.807, 2.05) is 0 Å². The van der Waals surface area contributed by atoms with Gasteiger partial charge in [0.15, 0.2) is 0 Å². The van der Waals surface area contributed by atoms with Crippen LogP contribution in [0.3, 0.4) is 0 Å². The van der Waals surface area contributed by atoms with Crippen LogP contribution in [0.2, 0.25) is 0 Å². The minimum atomic E-state index is 1.02. The second-order valence-electron chi connectivity index (χ2n) is 4.82. The summed E-state index contributed by atoms with van der Waals surface area (Å²) in [6.07, 6.45) is 1.02. The molecule has 86 valence electrons. The monoisotopic (exact) mass is 231 g/mol. The lowest BCUT2D eigenvalue weighted by molar-refractivity contribution is 1.16. The van der Waals surface area contributed by atoms with E-state index in [1.54, 1.807) is 0 Å². The fourth-order valence-corrected chi connectivity index (χ4v) is 2.70. The fourth-order valence-electron chi connectivity index (χ4n) is 2.70. The molecule has 0 aromatic heterocycles. The molecule has 0 bridgehead atoms. The molecule has 0 amide bonds. The molecule has 4 rings (SSSR count). The van der Waals surface area contributed by atoms with Crippen LogP contribution in [0.15, 0.2) is 60.7 Å². The zero-order chi connectivity index (χ0) is 11.9. The SMILES string of the molecule is c1ccc2c(c1)Cc1cc3ccccc3cc1N2. The molecule has 0 aliphatic carbocycles. The number of anilines is 2. The van der Waals surface area contributed by atoms with Gasteiger partial charge in [0.05, 0.1) is 0 Å². The van der Waals surface area contributed by atoms with Gasteiger partial charge < -0.3 is 5.32 Å². The lowest BCUT2D eigenvalue weighted by atomic mass is 9.95. The topological polar surface area (TPSA) is 12.0 Å². The van der Waals surface area contributed by atoms with E-state index in [9.17, 15) is 0 Å². The zero-order valence-electron chi connectivity index (χ0n) is 9.98. The van der Waals surface area contributed by atoms with Gasteiger partial charge >= 0.3 is 0 Å². The molecule has 1 heterocycles. The highest BCUT2D eigenvalue weighted by atomic mass is 14.9. The maximum Gasteiger partial charge on any atom is 0.0426 e. The fraction of sp³-hybridized carbons (Fsp3) is 0.0588. The van der Waals surface area contributed by atoms with Crippen molar-refractivity contribution in [2.45, 2.75) is 6.42 Å². The van der Waals surface area contributed by atoms with Crippen LogP contribution in [0.4, 0.5) is 11.4 Å². The Labute approximate surface area is 106 Å². The lowest BCUT2D eigenvalue weighted by Crippen LogP contribution is -2.06. The Balaban J connectivity index is 1.92. The Morgan fingerprint density at radius 2 is 1.39 bits per heavy atom. The Bertz CT molecular complexity index is 680. The predicted molar refractivity (Wildman–Crippen MR) is 76.5 cm³/mol. The first-order valence-corrected chi connectivity index (χ1v) is 6.27. The molecular formula is C17H13N. The number of hydrogen-bond donors (Lipinski definition) is 1. The van der Waals surface area contributed by atoms with Crippen LogP contribution in [0.5, 0.6) is 0 Å². The molecule has 1 heteroatoms. The largest absolute Gasteiger partial charge is 0.355 e. The summed E-state index contributed by atoms with van der Waals surface area (Å²) in [5.74, 6) is 0. The first kappa shape index (κ1) is 9.72. The van der Waals surface area contributed by atoms with Crippen LogP contribution < -0.4 is 5.32 Å². The standard InChI is InChI=1S/C17H13N/c1-2-6-13-11-17-15(9-12(13)5-1)10-14-7-3-4-8-16(14)18-17/h1-9,11,18H,10H2. The Morgan fingerprint density at radius 3 is 2.28 bits per heavy atom. The van der Waals surface area contributed by atoms with Crippen molar-refractivity contribution in [2.24, 2.45) is 0 Å². The number of nitrogens with one attached hydrogen (secondary N) is 1. The number of hydrogen-bond acceptors (Lipinski definition) is 1. The molecular weight excluding hydrogens is 218 g/mol. The molecule has 1 nitrogen and oxygen atoms in total. The highest BCUT2D eigenvalue weighted by Crippen LogP contribution is 2.35. The molecule has 1 N–H and O–H groups in total. The van der Waals surface area contributed by atoms with Gasteiger partial charge in [-0.1, -0.05) is 42.5 Å². The highest BCUT2D eigenvalue weighted by Gasteiger charge is 2.14. The molecule has 0 unspecified atom stereocenters. The normalized spacial score (nSPS) is 12.7. The molecule has 0 atom stereocenters. The van der Waals surface area contributed by atoms with Crippen molar-refractivity contribution < 1.29 is 0 Å². The summed E-state index contributed by atoms with van der Waals surface area (Å²) >= 11 is 0. The van der Waals surface area contributed by atoms with Crippen molar-refractivity contribution >= 4 is 22.1 Å². The van der Waals surface area contributed by atoms with Crippen LogP contribution in [0, 0.1) is 0 Å². The van der Waals surface area contributed by atoms with Crippen LogP contribution in [-0.2, 0) is 6.42 Å². The smallest absolute Gasteiger partial charge is 0.0426 e. The van der Waals surface area contributed by atoms with Crippen LogP contribution in [0.25, 0.3) is 10.8 Å². The minimum Gasteiger partial charge on any atom is -0.355 e. The summed E-state index contributed by atoms with van der Waals surface area (Å²) in [6, 6.07) is 21.6. The number of rotatable bonds is 0. The van der Waals surface area contributed by atoms with Gasteiger partial charge in [-0.25, -0.2) is 0 Å². The molecule has 1 aliphatic heterocycles. The van der Waals surface area contributed by atoms with Crippen molar-refractivity contribution in [3.63, 3.8) is 0 Å². The van der Waals surface area contributed by atoms with Gasteiger partial charge in [-0.3, -0.25) is 0 Å². The third-order valence-corrected chi connectivity index (χ3v) is 3.64. The maximum atomic E-state index is 3.53. The number of fused-ring (bicyclic) bond motifs is 3. The third-order valence-electron chi connectivity index (χ3n) is 3.64. The molecule has 0 spiro atoms. The predicted octanol–water partition coefficient (Wildman–Crippen LogP) is 4.49. The van der Waals surface area contributed by atoms with Crippen molar-refractivity contribution in [3.05, 3.63) is 71.8 Å². The average molecular weight is 231 g/mol. The summed E-state index contributed by atoms with van der Waals surface area (Å²) < 4.78 is 0. The van der Waals surface area contributed by atoms with Crippen molar-refractivity contribution in [1.29, 1.82) is 0 Å². The van der Waals surface area contributed by atoms with Gasteiger partial charge in [0.1, 0.15) is 0 Å². The first-order chi connectivity index (χ1) is 8.90. The summed E-state index contributed by atoms with van der Waals surface area (Å²) in [5.41, 5.74) is 5.24. The maximum absolute atomic E-state index is 3.53. The molecule has 3 aromatic rings. The Morgan fingerprint density at radius 1 is 0.667 bits per heavy atom. The first-order valence-electron chi connectivity index (χ1n) is 6.27. The van der Waals surface area contributed by atoms with E-state index in [4.69, 9.17) is 0 Å². The summed E-state index contributed by atoms with van der Waals surface area (Å²) in [6.45, 7) is 0. The van der Waals surface area contributed by atoms with Crippen molar-refractivity contribution in [2.75, 3.05) is 5.32 Å². The second-order valence-corrected chi connectivity index (χ2v) is 4.82. The Kier molecular flexibility index (Phi) is 1.95. The molecule has 0 radical (unpaired) electrons. The van der Waals surface area contributed by atoms with E-state index in [0.29, 0.717) is 0 Å². The van der Waals surface area contributed by atoms with Crippen LogP contribution >= 0.6 is 0 Å². The number of benzene rings is 3. The molecule has 0 fully saturated rings. The molecule has 0 saturated heterocycles. The van der Waals surface area contributed by atoms with E-state index >= 15 is 0 Å². The van der Waals surface area contributed by atoms with Gasteiger partial charge in [-0.05, 0) is 40.1 Å². The molecule has 18 heavy (non-hydrogen) atoms. The van der Waals surface area contributed by atoms with E-state index in [1.165, 1.54) is 33.3 Å². The van der Waals surface area contributed by atoms with Crippen molar-refractivity contribution in [1.82, 2.24) is 0 Å². The summed E-state index contributed by atoms with van der Waals surface area (Å²) in [7, 11) is 0. The molecule has 3 aromatic carbocycles. The van der Waals surface area contributed by atoms with Gasteiger partial charge in [-0.15, -0.1) is 0 Å². The van der Waals surface area contributed by atoms with Gasteiger partial charge in [0.25, 0.3) is 0 Å². The molecule has 0 saturated carbocycles. The second kappa shape index (κ2) is 3.61. The van der Waals surface area contributed by atoms with E-state index in [2.05, 4.69) is 66.0 Å². The summed E-state index contributed by atoms with van der Waals surface area (Å²) in [4.78, 5) is 0. The summed E-state index contributed by atoms with van der Waals surface area (Å²) in [5, 5.41) is 6.14. The average Bonchev–Trinajstić information content (AvgIpc) is 2.42. The van der Waals surface area contributed by atoms with Gasteiger partial charge in [-0.2, -0.15) is 0 Å². The van der Waals surface area contributed by atoms with Crippen LogP contribution in [0.1, 0.15) is 11.1 Å². The lowest BCUT2D eigenvalue weighted by Gasteiger charge is -2.22. The Hall–Kier alpha value is -2.28. The van der Waals surface area contributed by atoms with E-state index in [-0.39, 0.29) is 0 Å². The third kappa shape index (κ3) is 1.41. The molecule has 1 aliphatic rings. The van der Waals surface area contributed by atoms with Crippen molar-refractivity contribution in [3.8, 4) is 0 Å².